The van der Waals surface area contributed by atoms with E-state index < -0.39 is 10.0 Å². The van der Waals surface area contributed by atoms with E-state index in [4.69, 9.17) is 5.14 Å². The molecule has 3 rings (SSSR count). The van der Waals surface area contributed by atoms with E-state index in [1.807, 2.05) is 6.07 Å². The lowest BCUT2D eigenvalue weighted by atomic mass is 10.1. The number of benzene rings is 2. The number of aromatic nitrogens is 2. The second kappa shape index (κ2) is 7.68. The molecule has 8 nitrogen and oxygen atoms in total. The monoisotopic (exact) mass is 386 g/mol. The van der Waals surface area contributed by atoms with Gasteiger partial charge in [-0.25, -0.2) is 18.5 Å². The van der Waals surface area contributed by atoms with Crippen LogP contribution in [0.2, 0.25) is 0 Å². The number of hydrogen-bond acceptors (Lipinski definition) is 5. The molecule has 9 heteroatoms. The molecule has 0 fully saturated rings. The minimum absolute atomic E-state index is 0.120. The molecular formula is C18H18N4O4S. The molecular weight excluding hydrogens is 368 g/mol. The minimum Gasteiger partial charge on any atom is -0.350 e. The normalized spacial score (nSPS) is 11.4. The highest BCUT2D eigenvalue weighted by atomic mass is 32.2. The van der Waals surface area contributed by atoms with Crippen molar-refractivity contribution in [3.05, 3.63) is 76.2 Å². The number of sulfonamides is 1. The predicted molar refractivity (Wildman–Crippen MR) is 101 cm³/mol. The SMILES string of the molecule is NS(=O)(=O)Cc1ccc(CNC(=O)Cn2c(=O)cnc3ccccc32)cc1. The summed E-state index contributed by atoms with van der Waals surface area (Å²) < 4.78 is 23.5. The topological polar surface area (TPSA) is 124 Å². The molecule has 3 aromatic rings. The van der Waals surface area contributed by atoms with Crippen molar-refractivity contribution in [3.8, 4) is 0 Å². The van der Waals surface area contributed by atoms with Crippen LogP contribution in [-0.2, 0) is 33.7 Å². The molecule has 0 unspecified atom stereocenters. The van der Waals surface area contributed by atoms with Crippen molar-refractivity contribution < 1.29 is 13.2 Å². The van der Waals surface area contributed by atoms with Gasteiger partial charge in [0.25, 0.3) is 5.56 Å². The van der Waals surface area contributed by atoms with Crippen LogP contribution in [0, 0.1) is 0 Å². The van der Waals surface area contributed by atoms with Gasteiger partial charge in [-0.1, -0.05) is 36.4 Å². The molecule has 0 saturated carbocycles. The predicted octanol–water partition coefficient (Wildman–Crippen LogP) is 0.501. The molecule has 1 aromatic heterocycles. The third-order valence-electron chi connectivity index (χ3n) is 3.93. The first-order chi connectivity index (χ1) is 12.8. The molecule has 0 bridgehead atoms. The number of primary sulfonamides is 1. The van der Waals surface area contributed by atoms with E-state index in [9.17, 15) is 18.0 Å². The fourth-order valence-electron chi connectivity index (χ4n) is 2.66. The fourth-order valence-corrected chi connectivity index (χ4v) is 3.32. The molecule has 0 atom stereocenters. The maximum atomic E-state index is 12.2. The molecule has 2 aromatic carbocycles. The lowest BCUT2D eigenvalue weighted by molar-refractivity contribution is -0.121. The lowest BCUT2D eigenvalue weighted by Crippen LogP contribution is -2.32. The Morgan fingerprint density at radius 1 is 1.07 bits per heavy atom. The van der Waals surface area contributed by atoms with Gasteiger partial charge in [0.2, 0.25) is 15.9 Å². The van der Waals surface area contributed by atoms with Gasteiger partial charge in [-0.05, 0) is 23.3 Å². The maximum absolute atomic E-state index is 12.2. The van der Waals surface area contributed by atoms with Crippen molar-refractivity contribution >= 4 is 27.0 Å². The van der Waals surface area contributed by atoms with E-state index in [2.05, 4.69) is 10.3 Å². The molecule has 27 heavy (non-hydrogen) atoms. The summed E-state index contributed by atoms with van der Waals surface area (Å²) >= 11 is 0. The summed E-state index contributed by atoms with van der Waals surface area (Å²) in [4.78, 5) is 28.4. The van der Waals surface area contributed by atoms with E-state index in [0.29, 0.717) is 16.6 Å². The van der Waals surface area contributed by atoms with E-state index in [1.54, 1.807) is 42.5 Å². The summed E-state index contributed by atoms with van der Waals surface area (Å²) in [6.45, 7) is 0.137. The van der Waals surface area contributed by atoms with Crippen LogP contribution >= 0.6 is 0 Å². The second-order valence-corrected chi connectivity index (χ2v) is 7.69. The van der Waals surface area contributed by atoms with Gasteiger partial charge in [0.05, 0.1) is 23.0 Å². The van der Waals surface area contributed by atoms with Crippen molar-refractivity contribution in [3.63, 3.8) is 0 Å². The zero-order valence-corrected chi connectivity index (χ0v) is 15.1. The average molecular weight is 386 g/mol. The first-order valence-corrected chi connectivity index (χ1v) is 9.83. The Bertz CT molecular complexity index is 1140. The van der Waals surface area contributed by atoms with Crippen LogP contribution in [0.1, 0.15) is 11.1 Å². The fraction of sp³-hybridized carbons (Fsp3) is 0.167. The Balaban J connectivity index is 1.65. The number of nitrogens with zero attached hydrogens (tertiary/aromatic N) is 2. The van der Waals surface area contributed by atoms with Crippen molar-refractivity contribution in [2.75, 3.05) is 0 Å². The Hall–Kier alpha value is -3.04. The van der Waals surface area contributed by atoms with Gasteiger partial charge in [0.1, 0.15) is 6.54 Å². The number of para-hydroxylation sites is 2. The Kier molecular flexibility index (Phi) is 5.33. The largest absolute Gasteiger partial charge is 0.350 e. The van der Waals surface area contributed by atoms with E-state index >= 15 is 0 Å². The Morgan fingerprint density at radius 2 is 1.74 bits per heavy atom. The van der Waals surface area contributed by atoms with Crippen LogP contribution in [-0.4, -0.2) is 23.9 Å². The molecule has 0 aliphatic heterocycles. The highest BCUT2D eigenvalue weighted by Gasteiger charge is 2.09. The average Bonchev–Trinajstić information content (AvgIpc) is 2.62. The summed E-state index contributed by atoms with van der Waals surface area (Å²) in [5, 5.41) is 7.76. The Labute approximate surface area is 155 Å². The smallest absolute Gasteiger partial charge is 0.269 e. The Morgan fingerprint density at radius 3 is 2.44 bits per heavy atom. The molecule has 1 amide bonds. The molecule has 0 radical (unpaired) electrons. The van der Waals surface area contributed by atoms with Gasteiger partial charge < -0.3 is 5.32 Å². The number of carbonyl (C=O) groups excluding carboxylic acids is 1. The number of nitrogens with two attached hydrogens (primary N) is 1. The maximum Gasteiger partial charge on any atom is 0.269 e. The summed E-state index contributed by atoms with van der Waals surface area (Å²) in [7, 11) is -3.58. The second-order valence-electron chi connectivity index (χ2n) is 6.07. The molecule has 0 saturated heterocycles. The summed E-state index contributed by atoms with van der Waals surface area (Å²) in [6.07, 6.45) is 1.19. The van der Waals surface area contributed by atoms with Gasteiger partial charge in [-0.2, -0.15) is 0 Å². The van der Waals surface area contributed by atoms with Gasteiger partial charge in [-0.3, -0.25) is 14.2 Å². The van der Waals surface area contributed by atoms with Crippen LogP contribution in [0.3, 0.4) is 0 Å². The standard InChI is InChI=1S/C18H18N4O4S/c19-27(25,26)12-14-7-5-13(6-8-14)9-21-17(23)11-22-16-4-2-1-3-15(16)20-10-18(22)24/h1-8,10H,9,11-12H2,(H,21,23)(H2,19,25,26). The zero-order valence-electron chi connectivity index (χ0n) is 14.3. The highest BCUT2D eigenvalue weighted by Crippen LogP contribution is 2.09. The van der Waals surface area contributed by atoms with Gasteiger partial charge in [-0.15, -0.1) is 0 Å². The zero-order chi connectivity index (χ0) is 19.4. The van der Waals surface area contributed by atoms with Crippen LogP contribution in [0.15, 0.2) is 59.5 Å². The van der Waals surface area contributed by atoms with Gasteiger partial charge in [0, 0.05) is 6.54 Å². The van der Waals surface area contributed by atoms with E-state index in [-0.39, 0.29) is 30.3 Å². The first-order valence-electron chi connectivity index (χ1n) is 8.11. The van der Waals surface area contributed by atoms with Crippen LogP contribution < -0.4 is 16.0 Å². The van der Waals surface area contributed by atoms with E-state index in [1.165, 1.54) is 10.8 Å². The number of carbonyl (C=O) groups is 1. The van der Waals surface area contributed by atoms with Crippen molar-refractivity contribution in [1.82, 2.24) is 14.9 Å². The third kappa shape index (κ3) is 4.99. The van der Waals surface area contributed by atoms with Gasteiger partial charge in [0.15, 0.2) is 0 Å². The van der Waals surface area contributed by atoms with Crippen LogP contribution in [0.4, 0.5) is 0 Å². The highest BCUT2D eigenvalue weighted by molar-refractivity contribution is 7.88. The number of hydrogen-bond donors (Lipinski definition) is 2. The minimum atomic E-state index is -3.58. The molecule has 0 spiro atoms. The van der Waals surface area contributed by atoms with Crippen molar-refractivity contribution in [1.29, 1.82) is 0 Å². The molecule has 0 aliphatic rings. The molecule has 1 heterocycles. The summed E-state index contributed by atoms with van der Waals surface area (Å²) in [5.74, 6) is -0.556. The molecule has 0 aliphatic carbocycles. The van der Waals surface area contributed by atoms with Crippen LogP contribution in [0.5, 0.6) is 0 Å². The quantitative estimate of drug-likeness (QED) is 0.638. The summed E-state index contributed by atoms with van der Waals surface area (Å²) in [5.41, 5.74) is 2.25. The summed E-state index contributed by atoms with van der Waals surface area (Å²) in [6, 6.07) is 13.8. The number of nitrogens with one attached hydrogen (secondary N) is 1. The first kappa shape index (κ1) is 18.7. The molecule has 140 valence electrons. The molecule has 3 N–H and O–H groups in total. The van der Waals surface area contributed by atoms with Crippen molar-refractivity contribution in [2.45, 2.75) is 18.8 Å². The number of rotatable bonds is 6. The number of amides is 1. The third-order valence-corrected chi connectivity index (χ3v) is 4.67. The van der Waals surface area contributed by atoms with Gasteiger partial charge >= 0.3 is 0 Å². The van der Waals surface area contributed by atoms with E-state index in [0.717, 1.165) is 5.56 Å². The number of fused-ring (bicyclic) bond motifs is 1. The van der Waals surface area contributed by atoms with Crippen molar-refractivity contribution in [2.24, 2.45) is 5.14 Å². The van der Waals surface area contributed by atoms with Crippen LogP contribution in [0.25, 0.3) is 11.0 Å². The lowest BCUT2D eigenvalue weighted by Gasteiger charge is -2.10.